The maximum Gasteiger partial charge on any atom is 0.240 e. The molecule has 1 fully saturated rings. The fourth-order valence-corrected chi connectivity index (χ4v) is 3.02. The van der Waals surface area contributed by atoms with Gasteiger partial charge in [0.15, 0.2) is 5.82 Å². The Kier molecular flexibility index (Phi) is 6.24. The lowest BCUT2D eigenvalue weighted by molar-refractivity contribution is -0.117. The molecule has 0 spiro atoms. The molecule has 0 saturated carbocycles. The van der Waals surface area contributed by atoms with Gasteiger partial charge >= 0.3 is 0 Å². The van der Waals surface area contributed by atoms with Crippen molar-refractivity contribution >= 4 is 23.2 Å². The van der Waals surface area contributed by atoms with Gasteiger partial charge in [0.05, 0.1) is 13.1 Å². The average molecular weight is 378 g/mol. The lowest BCUT2D eigenvalue weighted by Crippen LogP contribution is -2.48. The summed E-state index contributed by atoms with van der Waals surface area (Å²) in [5.41, 5.74) is 0.721. The molecule has 0 bridgehead atoms. The third-order valence-corrected chi connectivity index (χ3v) is 4.53. The molecule has 2 heterocycles. The summed E-state index contributed by atoms with van der Waals surface area (Å²) in [6, 6.07) is 7.17. The minimum absolute atomic E-state index is 0.0285. The van der Waals surface area contributed by atoms with Crippen molar-refractivity contribution in [2.45, 2.75) is 26.3 Å². The first-order valence-electron chi connectivity index (χ1n) is 8.82. The van der Waals surface area contributed by atoms with Crippen LogP contribution in [0.3, 0.4) is 0 Å². The van der Waals surface area contributed by atoms with E-state index >= 15 is 0 Å². The van der Waals surface area contributed by atoms with Crippen LogP contribution in [0.2, 0.25) is 5.02 Å². The smallest absolute Gasteiger partial charge is 0.240 e. The molecule has 0 atom stereocenters. The number of benzene rings is 1. The molecule has 1 aromatic carbocycles. The van der Waals surface area contributed by atoms with Crippen LogP contribution in [-0.4, -0.2) is 58.6 Å². The van der Waals surface area contributed by atoms with Crippen LogP contribution in [0.25, 0.3) is 0 Å². The Labute approximate surface area is 158 Å². The second-order valence-corrected chi connectivity index (χ2v) is 7.25. The lowest BCUT2D eigenvalue weighted by atomic mass is 10.2. The highest BCUT2D eigenvalue weighted by molar-refractivity contribution is 6.30. The van der Waals surface area contributed by atoms with Crippen LogP contribution in [0.4, 0.5) is 5.69 Å². The number of hydrogen-bond acceptors (Lipinski definition) is 6. The average Bonchev–Trinajstić information content (AvgIpc) is 3.05. The first-order valence-corrected chi connectivity index (χ1v) is 9.20. The molecule has 3 rings (SSSR count). The number of anilines is 1. The van der Waals surface area contributed by atoms with Gasteiger partial charge in [0, 0.05) is 42.8 Å². The predicted octanol–water partition coefficient (Wildman–Crippen LogP) is 2.60. The summed E-state index contributed by atoms with van der Waals surface area (Å²) in [6.45, 7) is 8.50. The van der Waals surface area contributed by atoms with E-state index in [0.717, 1.165) is 37.7 Å². The fourth-order valence-electron chi connectivity index (χ4n) is 2.83. The number of amides is 1. The summed E-state index contributed by atoms with van der Waals surface area (Å²) in [6.07, 6.45) is 0. The van der Waals surface area contributed by atoms with Gasteiger partial charge in [-0.2, -0.15) is 4.98 Å². The van der Waals surface area contributed by atoms with Crippen LogP contribution in [0.5, 0.6) is 0 Å². The Balaban J connectivity index is 1.42. The number of halogens is 1. The molecular weight excluding hydrogens is 354 g/mol. The third-order valence-electron chi connectivity index (χ3n) is 4.30. The first-order chi connectivity index (χ1) is 12.5. The number of rotatable bonds is 6. The van der Waals surface area contributed by atoms with E-state index in [2.05, 4.69) is 25.3 Å². The molecule has 1 aromatic heterocycles. The first kappa shape index (κ1) is 18.8. The van der Waals surface area contributed by atoms with Gasteiger partial charge in [-0.25, -0.2) is 0 Å². The lowest BCUT2D eigenvalue weighted by Gasteiger charge is -2.33. The summed E-state index contributed by atoms with van der Waals surface area (Å²) in [5.74, 6) is 1.64. The monoisotopic (exact) mass is 377 g/mol. The third kappa shape index (κ3) is 5.27. The molecule has 7 nitrogen and oxygen atoms in total. The van der Waals surface area contributed by atoms with E-state index in [1.54, 1.807) is 12.1 Å². The van der Waals surface area contributed by atoms with E-state index in [9.17, 15) is 4.79 Å². The molecule has 0 unspecified atom stereocenters. The Bertz CT molecular complexity index is 741. The fraction of sp³-hybridized carbons (Fsp3) is 0.500. The molecule has 1 aliphatic rings. The molecular formula is C18H24ClN5O2. The van der Waals surface area contributed by atoms with E-state index in [0.29, 0.717) is 24.0 Å². The number of hydrogen-bond donors (Lipinski definition) is 1. The van der Waals surface area contributed by atoms with Crippen molar-refractivity contribution in [1.29, 1.82) is 0 Å². The van der Waals surface area contributed by atoms with Crippen molar-refractivity contribution in [1.82, 2.24) is 19.9 Å². The number of nitrogens with one attached hydrogen (secondary N) is 1. The number of nitrogens with zero attached hydrogens (tertiary/aromatic N) is 4. The van der Waals surface area contributed by atoms with Crippen molar-refractivity contribution < 1.29 is 9.32 Å². The Hall–Kier alpha value is -1.96. The molecule has 0 radical (unpaired) electrons. The van der Waals surface area contributed by atoms with Crippen LogP contribution >= 0.6 is 11.6 Å². The van der Waals surface area contributed by atoms with Gasteiger partial charge in [-0.05, 0) is 18.2 Å². The minimum Gasteiger partial charge on any atom is -0.338 e. The van der Waals surface area contributed by atoms with Gasteiger partial charge in [-0.15, -0.1) is 0 Å². The zero-order valence-electron chi connectivity index (χ0n) is 15.1. The molecule has 0 aliphatic carbocycles. The van der Waals surface area contributed by atoms with Gasteiger partial charge in [-0.3, -0.25) is 14.6 Å². The number of aromatic nitrogens is 2. The molecule has 1 amide bonds. The van der Waals surface area contributed by atoms with Crippen molar-refractivity contribution in [3.05, 3.63) is 41.0 Å². The van der Waals surface area contributed by atoms with E-state index in [-0.39, 0.29) is 11.8 Å². The second-order valence-electron chi connectivity index (χ2n) is 6.81. The molecule has 2 aromatic rings. The topological polar surface area (TPSA) is 74.5 Å². The molecule has 26 heavy (non-hydrogen) atoms. The van der Waals surface area contributed by atoms with Crippen molar-refractivity contribution in [3.8, 4) is 0 Å². The SMILES string of the molecule is CC(C)c1noc(CN2CCN(CC(=O)Nc3cccc(Cl)c3)CC2)n1. The summed E-state index contributed by atoms with van der Waals surface area (Å²) in [4.78, 5) is 21.0. The van der Waals surface area contributed by atoms with Gasteiger partial charge in [0.2, 0.25) is 11.8 Å². The zero-order valence-corrected chi connectivity index (χ0v) is 15.9. The van der Waals surface area contributed by atoms with Gasteiger partial charge < -0.3 is 9.84 Å². The Morgan fingerprint density at radius 2 is 2.00 bits per heavy atom. The maximum absolute atomic E-state index is 12.2. The highest BCUT2D eigenvalue weighted by Gasteiger charge is 2.21. The highest BCUT2D eigenvalue weighted by Crippen LogP contribution is 2.15. The van der Waals surface area contributed by atoms with Crippen LogP contribution in [0, 0.1) is 0 Å². The molecule has 1 saturated heterocycles. The minimum atomic E-state index is -0.0285. The van der Waals surface area contributed by atoms with Crippen molar-refractivity contribution in [3.63, 3.8) is 0 Å². The zero-order chi connectivity index (χ0) is 18.5. The van der Waals surface area contributed by atoms with E-state index in [1.807, 2.05) is 26.0 Å². The normalized spacial score (nSPS) is 16.2. The largest absolute Gasteiger partial charge is 0.338 e. The number of carbonyl (C=O) groups excluding carboxylic acids is 1. The van der Waals surface area contributed by atoms with E-state index < -0.39 is 0 Å². The van der Waals surface area contributed by atoms with Crippen LogP contribution in [0.1, 0.15) is 31.5 Å². The van der Waals surface area contributed by atoms with Crippen LogP contribution in [0.15, 0.2) is 28.8 Å². The van der Waals surface area contributed by atoms with E-state index in [4.69, 9.17) is 16.1 Å². The maximum atomic E-state index is 12.2. The highest BCUT2D eigenvalue weighted by atomic mass is 35.5. The van der Waals surface area contributed by atoms with Crippen molar-refractivity contribution in [2.75, 3.05) is 38.0 Å². The molecule has 140 valence electrons. The molecule has 1 N–H and O–H groups in total. The summed E-state index contributed by atoms with van der Waals surface area (Å²) >= 11 is 5.94. The standard InChI is InChI=1S/C18H24ClN5O2/c1-13(2)18-21-17(26-22-18)12-24-8-6-23(7-9-24)11-16(25)20-15-5-3-4-14(19)10-15/h3-5,10,13H,6-9,11-12H2,1-2H3,(H,20,25). The van der Waals surface area contributed by atoms with E-state index in [1.165, 1.54) is 0 Å². The number of piperazine rings is 1. The number of carbonyl (C=O) groups is 1. The van der Waals surface area contributed by atoms with Crippen molar-refractivity contribution in [2.24, 2.45) is 0 Å². The van der Waals surface area contributed by atoms with Gasteiger partial charge in [0.25, 0.3) is 0 Å². The van der Waals surface area contributed by atoms with Crippen LogP contribution in [-0.2, 0) is 11.3 Å². The molecule has 1 aliphatic heterocycles. The summed E-state index contributed by atoms with van der Waals surface area (Å²) in [7, 11) is 0. The van der Waals surface area contributed by atoms with Crippen LogP contribution < -0.4 is 5.32 Å². The predicted molar refractivity (Wildman–Crippen MR) is 100 cm³/mol. The molecule has 8 heteroatoms. The Morgan fingerprint density at radius 3 is 2.65 bits per heavy atom. The quantitative estimate of drug-likeness (QED) is 0.834. The summed E-state index contributed by atoms with van der Waals surface area (Å²) < 4.78 is 5.30. The second kappa shape index (κ2) is 8.62. The van der Waals surface area contributed by atoms with Gasteiger partial charge in [-0.1, -0.05) is 36.7 Å². The summed E-state index contributed by atoms with van der Waals surface area (Å²) in [5, 5.41) is 7.49. The Morgan fingerprint density at radius 1 is 1.27 bits per heavy atom. The van der Waals surface area contributed by atoms with Gasteiger partial charge in [0.1, 0.15) is 0 Å².